The summed E-state index contributed by atoms with van der Waals surface area (Å²) in [6.07, 6.45) is -4.60. The minimum atomic E-state index is -4.60. The Bertz CT molecular complexity index is 679. The molecule has 0 unspecified atom stereocenters. The molecule has 1 heterocycles. The van der Waals surface area contributed by atoms with Gasteiger partial charge >= 0.3 is 12.1 Å². The first-order valence-electron chi connectivity index (χ1n) is 7.18. The molecule has 1 aromatic rings. The van der Waals surface area contributed by atoms with Crippen molar-refractivity contribution in [1.82, 2.24) is 9.62 Å². The second-order valence-electron chi connectivity index (χ2n) is 5.56. The van der Waals surface area contributed by atoms with Crippen molar-refractivity contribution in [3.05, 3.63) is 30.3 Å². The fraction of sp³-hybridized carbons (Fsp3) is 0.500. The zero-order valence-electron chi connectivity index (χ0n) is 12.5. The van der Waals surface area contributed by atoms with E-state index in [0.717, 1.165) is 0 Å². The van der Waals surface area contributed by atoms with Gasteiger partial charge in [-0.1, -0.05) is 18.2 Å². The Hall–Kier alpha value is -1.65. The van der Waals surface area contributed by atoms with Crippen molar-refractivity contribution in [2.24, 2.45) is 11.8 Å². The summed E-state index contributed by atoms with van der Waals surface area (Å²) in [5.41, 5.74) is 0. The van der Waals surface area contributed by atoms with Gasteiger partial charge in [-0.2, -0.15) is 13.2 Å². The Morgan fingerprint density at radius 2 is 1.88 bits per heavy atom. The van der Waals surface area contributed by atoms with E-state index >= 15 is 0 Å². The lowest BCUT2D eigenvalue weighted by atomic mass is 9.96. The normalized spacial score (nSPS) is 22.6. The van der Waals surface area contributed by atoms with E-state index < -0.39 is 40.5 Å². The number of nitrogens with one attached hydrogen (secondary N) is 1. The summed E-state index contributed by atoms with van der Waals surface area (Å²) in [4.78, 5) is 12.4. The molecule has 0 radical (unpaired) electrons. The highest BCUT2D eigenvalue weighted by Crippen LogP contribution is 2.37. The lowest BCUT2D eigenvalue weighted by molar-refractivity contribution is -0.188. The van der Waals surface area contributed by atoms with Crippen molar-refractivity contribution in [1.29, 1.82) is 0 Å². The number of nitrogens with zero attached hydrogens (tertiary/aromatic N) is 1. The molecule has 24 heavy (non-hydrogen) atoms. The van der Waals surface area contributed by atoms with E-state index in [4.69, 9.17) is 5.11 Å². The van der Waals surface area contributed by atoms with Crippen molar-refractivity contribution < 1.29 is 31.5 Å². The molecule has 6 nitrogen and oxygen atoms in total. The molecule has 2 rings (SSSR count). The standard InChI is InChI=1S/C14H17F3N2O4S/c15-14(16,17)12-9-19(8-11(12)13(20)21)7-6-18-24(22,23)10-4-2-1-3-5-10/h1-5,11-12,18H,6-9H2,(H,20,21)/t11-,12-/m1/s1. The van der Waals surface area contributed by atoms with E-state index in [1.165, 1.54) is 17.0 Å². The molecule has 0 saturated carbocycles. The highest BCUT2D eigenvalue weighted by Gasteiger charge is 2.52. The molecule has 2 N–H and O–H groups in total. The van der Waals surface area contributed by atoms with Crippen molar-refractivity contribution in [2.75, 3.05) is 26.2 Å². The number of carboxylic acids is 1. The highest BCUT2D eigenvalue weighted by atomic mass is 32.2. The lowest BCUT2D eigenvalue weighted by Gasteiger charge is -2.18. The van der Waals surface area contributed by atoms with Crippen molar-refractivity contribution >= 4 is 16.0 Å². The first-order chi connectivity index (χ1) is 11.1. The number of benzene rings is 1. The van der Waals surface area contributed by atoms with E-state index in [-0.39, 0.29) is 24.5 Å². The molecule has 134 valence electrons. The molecule has 0 aliphatic carbocycles. The fourth-order valence-corrected chi connectivity index (χ4v) is 3.71. The molecule has 0 spiro atoms. The number of sulfonamides is 1. The Labute approximate surface area is 137 Å². The van der Waals surface area contributed by atoms with Gasteiger partial charge < -0.3 is 10.0 Å². The molecular weight excluding hydrogens is 349 g/mol. The van der Waals surface area contributed by atoms with Crippen LogP contribution in [0.1, 0.15) is 0 Å². The SMILES string of the molecule is O=C(O)[C@@H]1CN(CCNS(=O)(=O)c2ccccc2)C[C@H]1C(F)(F)F. The second kappa shape index (κ2) is 7.08. The average Bonchev–Trinajstić information content (AvgIpc) is 2.93. The van der Waals surface area contributed by atoms with Crippen LogP contribution in [0.5, 0.6) is 0 Å². The maximum Gasteiger partial charge on any atom is 0.393 e. The molecule has 10 heteroatoms. The van der Waals surface area contributed by atoms with Crippen LogP contribution in [0, 0.1) is 11.8 Å². The molecule has 1 aliphatic rings. The van der Waals surface area contributed by atoms with E-state index in [9.17, 15) is 26.4 Å². The predicted molar refractivity (Wildman–Crippen MR) is 78.7 cm³/mol. The largest absolute Gasteiger partial charge is 0.481 e. The third kappa shape index (κ3) is 4.46. The molecule has 1 fully saturated rings. The van der Waals surface area contributed by atoms with Crippen molar-refractivity contribution in [3.8, 4) is 0 Å². The van der Waals surface area contributed by atoms with Gasteiger partial charge in [-0.25, -0.2) is 13.1 Å². The van der Waals surface area contributed by atoms with Gasteiger partial charge in [-0.3, -0.25) is 4.79 Å². The van der Waals surface area contributed by atoms with Gasteiger partial charge in [0.25, 0.3) is 0 Å². The number of hydrogen-bond acceptors (Lipinski definition) is 4. The minimum absolute atomic E-state index is 0.00240. The Morgan fingerprint density at radius 1 is 1.25 bits per heavy atom. The summed E-state index contributed by atoms with van der Waals surface area (Å²) in [7, 11) is -3.74. The number of hydrogen-bond donors (Lipinski definition) is 2. The van der Waals surface area contributed by atoms with Crippen LogP contribution < -0.4 is 4.72 Å². The number of rotatable bonds is 6. The first-order valence-corrected chi connectivity index (χ1v) is 8.66. The second-order valence-corrected chi connectivity index (χ2v) is 7.33. The first kappa shape index (κ1) is 18.7. The number of alkyl halides is 3. The smallest absolute Gasteiger partial charge is 0.393 e. The van der Waals surface area contributed by atoms with E-state index in [0.29, 0.717) is 0 Å². The van der Waals surface area contributed by atoms with Crippen LogP contribution in [0.25, 0.3) is 0 Å². The Kier molecular flexibility index (Phi) is 5.51. The molecule has 1 aliphatic heterocycles. The number of likely N-dealkylation sites (tertiary alicyclic amines) is 1. The van der Waals surface area contributed by atoms with E-state index in [1.807, 2.05) is 0 Å². The Balaban J connectivity index is 1.93. The van der Waals surface area contributed by atoms with Crippen LogP contribution in [0.2, 0.25) is 0 Å². The van der Waals surface area contributed by atoms with Crippen LogP contribution in [-0.2, 0) is 14.8 Å². The third-order valence-electron chi connectivity index (χ3n) is 3.91. The topological polar surface area (TPSA) is 86.7 Å². The maximum absolute atomic E-state index is 12.9. The third-order valence-corrected chi connectivity index (χ3v) is 5.38. The number of carbonyl (C=O) groups is 1. The molecule has 1 aromatic carbocycles. The van der Waals surface area contributed by atoms with Gasteiger partial charge in [0, 0.05) is 26.2 Å². The lowest BCUT2D eigenvalue weighted by Crippen LogP contribution is -2.35. The van der Waals surface area contributed by atoms with Crippen LogP contribution in [0.3, 0.4) is 0 Å². The summed E-state index contributed by atoms with van der Waals surface area (Å²) in [6.45, 7) is -0.809. The van der Waals surface area contributed by atoms with Gasteiger partial charge in [0.2, 0.25) is 10.0 Å². The molecule has 0 bridgehead atoms. The maximum atomic E-state index is 12.9. The zero-order chi connectivity index (χ0) is 18.0. The summed E-state index contributed by atoms with van der Waals surface area (Å²) in [5.74, 6) is -4.97. The van der Waals surface area contributed by atoms with Gasteiger partial charge in [-0.15, -0.1) is 0 Å². The predicted octanol–water partition coefficient (Wildman–Crippen LogP) is 1.16. The molecular formula is C14H17F3N2O4S. The molecule has 0 aromatic heterocycles. The van der Waals surface area contributed by atoms with Gasteiger partial charge in [0.15, 0.2) is 0 Å². The number of aliphatic carboxylic acids is 1. The molecule has 0 amide bonds. The summed E-state index contributed by atoms with van der Waals surface area (Å²) in [6, 6.07) is 7.57. The Morgan fingerprint density at radius 3 is 2.38 bits per heavy atom. The van der Waals surface area contributed by atoms with Crippen LogP contribution in [0.4, 0.5) is 13.2 Å². The molecule has 1 saturated heterocycles. The summed E-state index contributed by atoms with van der Waals surface area (Å²) >= 11 is 0. The van der Waals surface area contributed by atoms with Crippen LogP contribution in [-0.4, -0.2) is 56.7 Å². The minimum Gasteiger partial charge on any atom is -0.481 e. The van der Waals surface area contributed by atoms with E-state index in [2.05, 4.69) is 4.72 Å². The highest BCUT2D eigenvalue weighted by molar-refractivity contribution is 7.89. The average molecular weight is 366 g/mol. The monoisotopic (exact) mass is 366 g/mol. The number of halogens is 3. The van der Waals surface area contributed by atoms with Gasteiger partial charge in [0.05, 0.1) is 16.7 Å². The fourth-order valence-electron chi connectivity index (χ4n) is 2.67. The van der Waals surface area contributed by atoms with Crippen molar-refractivity contribution in [2.45, 2.75) is 11.1 Å². The van der Waals surface area contributed by atoms with Gasteiger partial charge in [0.1, 0.15) is 0 Å². The summed E-state index contributed by atoms with van der Waals surface area (Å²) in [5, 5.41) is 8.93. The molecule has 2 atom stereocenters. The van der Waals surface area contributed by atoms with Crippen LogP contribution >= 0.6 is 0 Å². The van der Waals surface area contributed by atoms with Crippen LogP contribution in [0.15, 0.2) is 35.2 Å². The quantitative estimate of drug-likeness (QED) is 0.789. The van der Waals surface area contributed by atoms with Gasteiger partial charge in [-0.05, 0) is 12.1 Å². The zero-order valence-corrected chi connectivity index (χ0v) is 13.3. The number of carboxylic acid groups (broad SMARTS) is 1. The van der Waals surface area contributed by atoms with Crippen molar-refractivity contribution in [3.63, 3.8) is 0 Å². The van der Waals surface area contributed by atoms with E-state index in [1.54, 1.807) is 18.2 Å². The summed E-state index contributed by atoms with van der Waals surface area (Å²) < 4.78 is 64.9.